The Morgan fingerprint density at radius 2 is 2.00 bits per heavy atom. The SMILES string of the molecule is CN(C)c1ccc(/C=c2/sc3n(c2=O)CCCCN=3)cc1. The molecule has 0 aliphatic carbocycles. The Hall–Kier alpha value is -1.88. The maximum Gasteiger partial charge on any atom is 0.270 e. The largest absolute Gasteiger partial charge is 0.378 e. The predicted octanol–water partition coefficient (Wildman–Crippen LogP) is 1.22. The van der Waals surface area contributed by atoms with Crippen LogP contribution in [0.2, 0.25) is 0 Å². The minimum atomic E-state index is 0.0948. The lowest BCUT2D eigenvalue weighted by molar-refractivity contribution is 0.621. The van der Waals surface area contributed by atoms with Crippen LogP contribution in [0.5, 0.6) is 0 Å². The summed E-state index contributed by atoms with van der Waals surface area (Å²) in [7, 11) is 4.03. The topological polar surface area (TPSA) is 37.6 Å². The molecule has 110 valence electrons. The summed E-state index contributed by atoms with van der Waals surface area (Å²) in [4.78, 5) is 19.9. The molecule has 0 N–H and O–H groups in total. The van der Waals surface area contributed by atoms with Crippen LogP contribution >= 0.6 is 11.3 Å². The van der Waals surface area contributed by atoms with E-state index in [2.05, 4.69) is 22.0 Å². The molecule has 1 aliphatic heterocycles. The Balaban J connectivity index is 2.04. The highest BCUT2D eigenvalue weighted by atomic mass is 32.1. The van der Waals surface area contributed by atoms with Crippen LogP contribution in [0.4, 0.5) is 5.69 Å². The first-order valence-corrected chi connectivity index (χ1v) is 8.00. The first-order chi connectivity index (χ1) is 10.1. The zero-order valence-electron chi connectivity index (χ0n) is 12.4. The molecule has 0 spiro atoms. The van der Waals surface area contributed by atoms with E-state index in [4.69, 9.17) is 0 Å². The van der Waals surface area contributed by atoms with Gasteiger partial charge in [-0.15, -0.1) is 0 Å². The monoisotopic (exact) mass is 301 g/mol. The second kappa shape index (κ2) is 5.85. The van der Waals surface area contributed by atoms with E-state index in [0.29, 0.717) is 0 Å². The van der Waals surface area contributed by atoms with Crippen LogP contribution in [-0.2, 0) is 6.54 Å². The fourth-order valence-corrected chi connectivity index (χ4v) is 3.43. The van der Waals surface area contributed by atoms with Crippen molar-refractivity contribution in [3.05, 3.63) is 49.5 Å². The van der Waals surface area contributed by atoms with E-state index in [1.54, 1.807) is 0 Å². The van der Waals surface area contributed by atoms with Gasteiger partial charge in [-0.3, -0.25) is 14.4 Å². The molecular weight excluding hydrogens is 282 g/mol. The standard InChI is InChI=1S/C16H19N3OS/c1-18(2)13-7-5-12(6-8-13)11-14-15(20)19-10-4-3-9-17-16(19)21-14/h5-8,11H,3-4,9-10H2,1-2H3/b14-11+. The van der Waals surface area contributed by atoms with Crippen molar-refractivity contribution in [1.29, 1.82) is 0 Å². The van der Waals surface area contributed by atoms with Gasteiger partial charge in [-0.25, -0.2) is 0 Å². The van der Waals surface area contributed by atoms with Crippen molar-refractivity contribution in [3.63, 3.8) is 0 Å². The number of hydrogen-bond acceptors (Lipinski definition) is 4. The van der Waals surface area contributed by atoms with Crippen LogP contribution in [0.15, 0.2) is 34.1 Å². The molecule has 1 aliphatic rings. The van der Waals surface area contributed by atoms with Gasteiger partial charge >= 0.3 is 0 Å². The quantitative estimate of drug-likeness (QED) is 0.836. The molecule has 0 bridgehead atoms. The highest BCUT2D eigenvalue weighted by molar-refractivity contribution is 7.07. The molecule has 0 fully saturated rings. The summed E-state index contributed by atoms with van der Waals surface area (Å²) in [5, 5.41) is 0. The number of anilines is 1. The molecule has 2 aromatic rings. The van der Waals surface area contributed by atoms with Crippen molar-refractivity contribution in [2.24, 2.45) is 4.99 Å². The Morgan fingerprint density at radius 3 is 2.71 bits per heavy atom. The average molecular weight is 301 g/mol. The van der Waals surface area contributed by atoms with Gasteiger partial charge in [0.2, 0.25) is 0 Å². The minimum Gasteiger partial charge on any atom is -0.378 e. The number of benzene rings is 1. The highest BCUT2D eigenvalue weighted by Crippen LogP contribution is 2.12. The van der Waals surface area contributed by atoms with E-state index >= 15 is 0 Å². The molecule has 0 unspecified atom stereocenters. The summed E-state index contributed by atoms with van der Waals surface area (Å²) in [6, 6.07) is 8.21. The first kappa shape index (κ1) is 14.1. The summed E-state index contributed by atoms with van der Waals surface area (Å²) in [5.41, 5.74) is 2.30. The number of aromatic nitrogens is 1. The van der Waals surface area contributed by atoms with Crippen LogP contribution in [-0.4, -0.2) is 25.2 Å². The van der Waals surface area contributed by atoms with E-state index in [1.807, 2.05) is 36.9 Å². The van der Waals surface area contributed by atoms with Gasteiger partial charge in [0.1, 0.15) is 0 Å². The number of thiazole rings is 1. The average Bonchev–Trinajstić information content (AvgIpc) is 2.66. The van der Waals surface area contributed by atoms with Crippen molar-refractivity contribution in [2.45, 2.75) is 19.4 Å². The van der Waals surface area contributed by atoms with E-state index in [-0.39, 0.29) is 5.56 Å². The Labute approximate surface area is 127 Å². The van der Waals surface area contributed by atoms with Gasteiger partial charge in [0, 0.05) is 32.9 Å². The molecule has 3 rings (SSSR count). The summed E-state index contributed by atoms with van der Waals surface area (Å²) in [6.45, 7) is 1.62. The highest BCUT2D eigenvalue weighted by Gasteiger charge is 2.07. The number of nitrogens with zero attached hydrogens (tertiary/aromatic N) is 3. The lowest BCUT2D eigenvalue weighted by Gasteiger charge is -2.11. The smallest absolute Gasteiger partial charge is 0.270 e. The molecule has 1 aromatic heterocycles. The Morgan fingerprint density at radius 1 is 1.24 bits per heavy atom. The minimum absolute atomic E-state index is 0.0948. The second-order valence-electron chi connectivity index (χ2n) is 5.42. The lowest BCUT2D eigenvalue weighted by atomic mass is 10.2. The van der Waals surface area contributed by atoms with Crippen molar-refractivity contribution >= 4 is 23.1 Å². The third kappa shape index (κ3) is 2.93. The molecule has 0 radical (unpaired) electrons. The maximum absolute atomic E-state index is 12.4. The van der Waals surface area contributed by atoms with Gasteiger partial charge in [0.05, 0.1) is 4.53 Å². The van der Waals surface area contributed by atoms with E-state index < -0.39 is 0 Å². The van der Waals surface area contributed by atoms with E-state index in [9.17, 15) is 4.79 Å². The maximum atomic E-state index is 12.4. The van der Waals surface area contributed by atoms with Crippen LogP contribution in [0.3, 0.4) is 0 Å². The summed E-state index contributed by atoms with van der Waals surface area (Å²) in [5.74, 6) is 0. The van der Waals surface area contributed by atoms with Gasteiger partial charge in [-0.05, 0) is 36.6 Å². The molecule has 21 heavy (non-hydrogen) atoms. The van der Waals surface area contributed by atoms with Gasteiger partial charge in [-0.1, -0.05) is 23.5 Å². The van der Waals surface area contributed by atoms with Crippen molar-refractivity contribution in [3.8, 4) is 0 Å². The molecular formula is C16H19N3OS. The molecule has 4 nitrogen and oxygen atoms in total. The third-order valence-corrected chi connectivity index (χ3v) is 4.68. The van der Waals surface area contributed by atoms with Crippen LogP contribution in [0.25, 0.3) is 6.08 Å². The number of fused-ring (bicyclic) bond motifs is 1. The van der Waals surface area contributed by atoms with E-state index in [0.717, 1.165) is 46.5 Å². The van der Waals surface area contributed by atoms with Gasteiger partial charge < -0.3 is 4.90 Å². The number of rotatable bonds is 2. The van der Waals surface area contributed by atoms with Gasteiger partial charge in [0.15, 0.2) is 4.80 Å². The molecule has 0 amide bonds. The van der Waals surface area contributed by atoms with Gasteiger partial charge in [-0.2, -0.15) is 0 Å². The van der Waals surface area contributed by atoms with Crippen molar-refractivity contribution in [1.82, 2.24) is 4.57 Å². The third-order valence-electron chi connectivity index (χ3n) is 3.63. The zero-order valence-corrected chi connectivity index (χ0v) is 13.2. The molecule has 2 heterocycles. The van der Waals surface area contributed by atoms with Crippen molar-refractivity contribution in [2.75, 3.05) is 25.5 Å². The van der Waals surface area contributed by atoms with Crippen molar-refractivity contribution < 1.29 is 0 Å². The normalized spacial score (nSPS) is 15.2. The molecule has 0 saturated heterocycles. The molecule has 5 heteroatoms. The molecule has 0 saturated carbocycles. The second-order valence-corrected chi connectivity index (χ2v) is 6.43. The van der Waals surface area contributed by atoms with Crippen LogP contribution in [0, 0.1) is 0 Å². The Bertz CT molecular complexity index is 800. The summed E-state index contributed by atoms with van der Waals surface area (Å²) >= 11 is 1.50. The summed E-state index contributed by atoms with van der Waals surface area (Å²) in [6.07, 6.45) is 4.06. The lowest BCUT2D eigenvalue weighted by Crippen LogP contribution is -2.30. The fraction of sp³-hybridized carbons (Fsp3) is 0.375. The molecule has 1 aromatic carbocycles. The Kier molecular flexibility index (Phi) is 3.92. The predicted molar refractivity (Wildman–Crippen MR) is 87.8 cm³/mol. The van der Waals surface area contributed by atoms with E-state index in [1.165, 1.54) is 11.3 Å². The van der Waals surface area contributed by atoms with Gasteiger partial charge in [0.25, 0.3) is 5.56 Å². The fourth-order valence-electron chi connectivity index (χ4n) is 2.40. The van der Waals surface area contributed by atoms with Crippen LogP contribution in [0.1, 0.15) is 18.4 Å². The van der Waals surface area contributed by atoms with Crippen LogP contribution < -0.4 is 19.8 Å². The molecule has 0 atom stereocenters. The summed E-state index contributed by atoms with van der Waals surface area (Å²) < 4.78 is 2.59. The first-order valence-electron chi connectivity index (χ1n) is 7.18. The number of hydrogen-bond donors (Lipinski definition) is 0. The zero-order chi connectivity index (χ0) is 14.8.